The number of aliphatic hydroxyl groups is 1. The van der Waals surface area contributed by atoms with Gasteiger partial charge in [-0.3, -0.25) is 0 Å². The van der Waals surface area contributed by atoms with Crippen LogP contribution in [0, 0.1) is 56.2 Å². The van der Waals surface area contributed by atoms with Gasteiger partial charge in [0.1, 0.15) is 11.9 Å². The van der Waals surface area contributed by atoms with E-state index in [0.29, 0.717) is 23.7 Å². The van der Waals surface area contributed by atoms with E-state index in [1.54, 1.807) is 30.3 Å². The number of allylic oxidation sites excluding steroid dienone is 1. The molecule has 4 nitrogen and oxygen atoms in total. The highest BCUT2D eigenvalue weighted by Crippen LogP contribution is 2.80. The van der Waals surface area contributed by atoms with E-state index in [-0.39, 0.29) is 56.4 Å². The predicted molar refractivity (Wildman–Crippen MR) is 178 cm³/mol. The van der Waals surface area contributed by atoms with E-state index in [0.717, 1.165) is 44.1 Å². The predicted octanol–water partition coefficient (Wildman–Crippen LogP) is 9.36. The second-order valence-corrected chi connectivity index (χ2v) is 17.7. The fraction of sp³-hybridized carbons (Fsp3) is 0.725. The van der Waals surface area contributed by atoms with Crippen LogP contribution in [0.3, 0.4) is 0 Å². The quantitative estimate of drug-likeness (QED) is 0.205. The molecule has 5 saturated carbocycles. The zero-order valence-electron chi connectivity index (χ0n) is 28.7. The number of esters is 1. The highest BCUT2D eigenvalue weighted by Gasteiger charge is 2.75. The first-order valence-electron chi connectivity index (χ1n) is 17.5. The molecule has 1 aromatic rings. The summed E-state index contributed by atoms with van der Waals surface area (Å²) in [6.07, 6.45) is 12.9. The van der Waals surface area contributed by atoms with Crippen LogP contribution in [0.4, 0.5) is 0 Å². The van der Waals surface area contributed by atoms with Crippen molar-refractivity contribution in [3.05, 3.63) is 48.1 Å². The molecule has 5 fully saturated rings. The summed E-state index contributed by atoms with van der Waals surface area (Å²) in [5, 5.41) is 21.6. The first-order chi connectivity index (χ1) is 20.4. The molecule has 1 aromatic carbocycles. The standard InChI is InChI=1S/C40H58O4/c1-25(2)28-18-22-38(7)32(42)24-39(8)31(40(28,38)9)16-15-30-36(5)21-20-33(35(3,4)29(36)19-23-37(30,39)6)44-34(43)17-12-26-10-13-27(41)14-11-26/h10-14,17,28-33,41-42H,1,15-16,18-24H2,2-9H3/t28-,29-,30+,31-,32-,33-,36-,37+,38+,39+,40+/m0/s1. The third-order valence-electron chi connectivity index (χ3n) is 15.9. The SMILES string of the molecule is C=C(C)[C@@H]1CC[C@]2(C)[C@@H](O)C[C@]3(C)[C@H](CC[C@@H]4[C@@]5(C)CC[C@H](OC(=O)C=Cc6ccc(O)cc6)C(C)(C)[C@@H]5CC[C@]43C)[C@@]12C. The monoisotopic (exact) mass is 602 g/mol. The van der Waals surface area contributed by atoms with Crippen LogP contribution in [-0.4, -0.2) is 28.4 Å². The minimum absolute atomic E-state index is 0.0498. The molecule has 5 aliphatic carbocycles. The molecule has 11 atom stereocenters. The minimum Gasteiger partial charge on any atom is -0.508 e. The first-order valence-corrected chi connectivity index (χ1v) is 17.5. The average molecular weight is 603 g/mol. The largest absolute Gasteiger partial charge is 0.508 e. The van der Waals surface area contributed by atoms with Crippen LogP contribution in [0.2, 0.25) is 0 Å². The van der Waals surface area contributed by atoms with Gasteiger partial charge in [-0.1, -0.05) is 72.8 Å². The van der Waals surface area contributed by atoms with Crippen LogP contribution < -0.4 is 0 Å². The number of aliphatic hydroxyl groups excluding tert-OH is 1. The van der Waals surface area contributed by atoms with Gasteiger partial charge in [0.2, 0.25) is 0 Å². The van der Waals surface area contributed by atoms with Gasteiger partial charge in [0.05, 0.1) is 6.10 Å². The molecule has 5 aliphatic rings. The third kappa shape index (κ3) is 4.14. The summed E-state index contributed by atoms with van der Waals surface area (Å²) in [6, 6.07) is 6.84. The molecule has 0 amide bonds. The molecular weight excluding hydrogens is 544 g/mol. The number of carbonyl (C=O) groups is 1. The van der Waals surface area contributed by atoms with Gasteiger partial charge in [-0.25, -0.2) is 4.79 Å². The van der Waals surface area contributed by atoms with Crippen LogP contribution in [0.5, 0.6) is 5.75 Å². The average Bonchev–Trinajstić information content (AvgIpc) is 3.23. The van der Waals surface area contributed by atoms with Gasteiger partial charge in [0.15, 0.2) is 0 Å². The molecule has 0 bridgehead atoms. The van der Waals surface area contributed by atoms with Gasteiger partial charge >= 0.3 is 5.97 Å². The van der Waals surface area contributed by atoms with E-state index in [4.69, 9.17) is 4.74 Å². The second kappa shape index (κ2) is 10.2. The number of hydrogen-bond acceptors (Lipinski definition) is 4. The zero-order chi connectivity index (χ0) is 32.1. The van der Waals surface area contributed by atoms with Crippen molar-refractivity contribution in [2.75, 3.05) is 0 Å². The van der Waals surface area contributed by atoms with E-state index >= 15 is 0 Å². The van der Waals surface area contributed by atoms with E-state index in [1.165, 1.54) is 30.9 Å². The Bertz CT molecular complexity index is 1340. The lowest BCUT2D eigenvalue weighted by Crippen LogP contribution is -2.70. The van der Waals surface area contributed by atoms with Gasteiger partial charge in [0, 0.05) is 11.5 Å². The van der Waals surface area contributed by atoms with Crippen molar-refractivity contribution >= 4 is 12.0 Å². The summed E-state index contributed by atoms with van der Waals surface area (Å²) in [6.45, 7) is 24.1. The Morgan fingerprint density at radius 3 is 2.14 bits per heavy atom. The summed E-state index contributed by atoms with van der Waals surface area (Å²) >= 11 is 0. The summed E-state index contributed by atoms with van der Waals surface area (Å²) in [4.78, 5) is 13.0. The van der Waals surface area contributed by atoms with Crippen LogP contribution in [0.1, 0.15) is 119 Å². The Hall–Kier alpha value is -2.07. The normalized spacial score (nSPS) is 47.7. The van der Waals surface area contributed by atoms with Crippen molar-refractivity contribution in [2.45, 2.75) is 125 Å². The fourth-order valence-corrected chi connectivity index (χ4v) is 13.3. The van der Waals surface area contributed by atoms with Crippen molar-refractivity contribution in [1.82, 2.24) is 0 Å². The number of carbonyl (C=O) groups excluding carboxylic acids is 1. The topological polar surface area (TPSA) is 66.8 Å². The maximum Gasteiger partial charge on any atom is 0.331 e. The fourth-order valence-electron chi connectivity index (χ4n) is 13.3. The zero-order valence-corrected chi connectivity index (χ0v) is 28.7. The highest BCUT2D eigenvalue weighted by molar-refractivity contribution is 5.87. The Kier molecular flexibility index (Phi) is 7.40. The molecule has 0 aromatic heterocycles. The van der Waals surface area contributed by atoms with Crippen LogP contribution in [0.25, 0.3) is 6.08 Å². The lowest BCUT2D eigenvalue weighted by atomic mass is 9.30. The smallest absolute Gasteiger partial charge is 0.331 e. The van der Waals surface area contributed by atoms with E-state index < -0.39 is 0 Å². The highest BCUT2D eigenvalue weighted by atomic mass is 16.5. The summed E-state index contributed by atoms with van der Waals surface area (Å²) in [7, 11) is 0. The lowest BCUT2D eigenvalue weighted by molar-refractivity contribution is -0.282. The number of benzene rings is 1. The van der Waals surface area contributed by atoms with Crippen LogP contribution in [0.15, 0.2) is 42.5 Å². The van der Waals surface area contributed by atoms with Crippen molar-refractivity contribution in [1.29, 1.82) is 0 Å². The van der Waals surface area contributed by atoms with E-state index in [2.05, 4.69) is 62.0 Å². The Labute approximate surface area is 266 Å². The molecule has 0 aliphatic heterocycles. The van der Waals surface area contributed by atoms with Gasteiger partial charge in [-0.05, 0) is 139 Å². The molecule has 2 N–H and O–H groups in total. The molecule has 242 valence electrons. The molecule has 4 heteroatoms. The Morgan fingerprint density at radius 2 is 1.48 bits per heavy atom. The van der Waals surface area contributed by atoms with Gasteiger partial charge < -0.3 is 14.9 Å². The third-order valence-corrected chi connectivity index (χ3v) is 15.9. The Balaban J connectivity index is 1.26. The Morgan fingerprint density at radius 1 is 0.841 bits per heavy atom. The van der Waals surface area contributed by atoms with E-state index in [1.807, 2.05) is 0 Å². The minimum atomic E-state index is -0.287. The molecule has 6 rings (SSSR count). The number of phenols is 1. The molecule has 0 unspecified atom stereocenters. The molecule has 44 heavy (non-hydrogen) atoms. The number of phenolic OH excluding ortho intramolecular Hbond substituents is 1. The molecule has 0 heterocycles. The number of aromatic hydroxyl groups is 1. The van der Waals surface area contributed by atoms with Crippen LogP contribution in [-0.2, 0) is 9.53 Å². The van der Waals surface area contributed by atoms with Crippen LogP contribution >= 0.6 is 0 Å². The summed E-state index contributed by atoms with van der Waals surface area (Å²) in [5.41, 5.74) is 2.46. The number of fused-ring (bicyclic) bond motifs is 7. The maximum atomic E-state index is 13.0. The lowest BCUT2D eigenvalue weighted by Gasteiger charge is -2.75. The number of hydrogen-bond donors (Lipinski definition) is 2. The summed E-state index contributed by atoms with van der Waals surface area (Å²) in [5.74, 6) is 2.05. The second-order valence-electron chi connectivity index (χ2n) is 17.7. The number of rotatable bonds is 4. The van der Waals surface area contributed by atoms with Crippen molar-refractivity contribution in [2.24, 2.45) is 56.2 Å². The molecular formula is C40H58O4. The molecule has 0 radical (unpaired) electrons. The molecule has 0 saturated heterocycles. The summed E-state index contributed by atoms with van der Waals surface area (Å²) < 4.78 is 6.22. The first kappa shape index (κ1) is 31.9. The van der Waals surface area contributed by atoms with Gasteiger partial charge in [-0.2, -0.15) is 0 Å². The van der Waals surface area contributed by atoms with Crippen molar-refractivity contribution < 1.29 is 19.7 Å². The van der Waals surface area contributed by atoms with Crippen molar-refractivity contribution in [3.63, 3.8) is 0 Å². The molecule has 0 spiro atoms. The number of ether oxygens (including phenoxy) is 1. The maximum absolute atomic E-state index is 13.0. The van der Waals surface area contributed by atoms with E-state index in [9.17, 15) is 15.0 Å². The van der Waals surface area contributed by atoms with Crippen molar-refractivity contribution in [3.8, 4) is 5.75 Å². The van der Waals surface area contributed by atoms with Gasteiger partial charge in [0.25, 0.3) is 0 Å². The van der Waals surface area contributed by atoms with Gasteiger partial charge in [-0.15, -0.1) is 0 Å².